The Bertz CT molecular complexity index is 1340. The molecular weight excluding hydrogens is 430 g/mol. The van der Waals surface area contributed by atoms with Crippen molar-refractivity contribution < 1.29 is 32.6 Å². The second-order valence-electron chi connectivity index (χ2n) is 7.71. The molecule has 0 saturated heterocycles. The second kappa shape index (κ2) is 7.78. The zero-order chi connectivity index (χ0) is 23.3. The highest BCUT2D eigenvalue weighted by molar-refractivity contribution is 6.27. The highest BCUT2D eigenvalue weighted by Crippen LogP contribution is 2.46. The molecule has 0 unspecified atom stereocenters. The summed E-state index contributed by atoms with van der Waals surface area (Å²) in [4.78, 5) is 39.9. The number of ketones is 3. The Morgan fingerprint density at radius 1 is 0.879 bits per heavy atom. The van der Waals surface area contributed by atoms with Crippen LogP contribution in [0.3, 0.4) is 0 Å². The number of allylic oxidation sites excluding steroid dienone is 1. The molecule has 0 bridgehead atoms. The predicted octanol–water partition coefficient (Wildman–Crippen LogP) is 4.67. The molecular formula is C26H16F2O5. The minimum atomic E-state index is -1.35. The molecule has 164 valence electrons. The number of rotatable bonds is 4. The maximum absolute atomic E-state index is 14.6. The maximum atomic E-state index is 14.6. The first kappa shape index (κ1) is 20.8. The Hall–Kier alpha value is -4.13. The summed E-state index contributed by atoms with van der Waals surface area (Å²) in [6, 6.07) is 16.4. The lowest BCUT2D eigenvalue weighted by Crippen LogP contribution is -2.29. The molecule has 0 saturated carbocycles. The predicted molar refractivity (Wildman–Crippen MR) is 113 cm³/mol. The first-order valence-corrected chi connectivity index (χ1v) is 10.1. The van der Waals surface area contributed by atoms with E-state index in [1.807, 2.05) is 0 Å². The second-order valence-corrected chi connectivity index (χ2v) is 7.71. The molecule has 0 radical (unpaired) electrons. The van der Waals surface area contributed by atoms with Crippen LogP contribution in [0.4, 0.5) is 8.78 Å². The van der Waals surface area contributed by atoms with E-state index in [-0.39, 0.29) is 33.6 Å². The maximum Gasteiger partial charge on any atom is 0.228 e. The number of hydrogen-bond acceptors (Lipinski definition) is 5. The molecule has 0 amide bonds. The van der Waals surface area contributed by atoms with Gasteiger partial charge < -0.3 is 9.47 Å². The van der Waals surface area contributed by atoms with E-state index < -0.39 is 46.8 Å². The van der Waals surface area contributed by atoms with Gasteiger partial charge in [-0.15, -0.1) is 0 Å². The molecule has 0 aromatic heterocycles. The lowest BCUT2D eigenvalue weighted by molar-refractivity contribution is 0.0640. The fourth-order valence-corrected chi connectivity index (χ4v) is 4.38. The zero-order valence-corrected chi connectivity index (χ0v) is 17.3. The fraction of sp³-hybridized carbons (Fsp3) is 0.115. The Morgan fingerprint density at radius 3 is 2.06 bits per heavy atom. The van der Waals surface area contributed by atoms with Crippen molar-refractivity contribution in [2.45, 2.75) is 12.0 Å². The first-order valence-electron chi connectivity index (χ1n) is 10.1. The summed E-state index contributed by atoms with van der Waals surface area (Å²) in [5.41, 5.74) is 0.485. The van der Waals surface area contributed by atoms with Crippen molar-refractivity contribution in [3.8, 4) is 5.75 Å². The Morgan fingerprint density at radius 2 is 1.45 bits per heavy atom. The molecule has 0 spiro atoms. The number of carbonyl (C=O) groups is 3. The molecule has 5 rings (SSSR count). The summed E-state index contributed by atoms with van der Waals surface area (Å²) in [6.45, 7) is 0. The number of Topliss-reactive ketones (excluding diaryl/α,β-unsaturated/α-hetero) is 3. The third-order valence-corrected chi connectivity index (χ3v) is 5.87. The molecule has 5 nitrogen and oxygen atoms in total. The number of hydrogen-bond donors (Lipinski definition) is 0. The first-order chi connectivity index (χ1) is 15.9. The lowest BCUT2D eigenvalue weighted by Gasteiger charge is -2.21. The SMILES string of the molecule is COc1c(F)cc([C@@H]2C3=C(O[C@H]2C(=O)c2ccccc2)C(=O)c2ccccc2C3=O)cc1F. The van der Waals surface area contributed by atoms with E-state index >= 15 is 0 Å². The van der Waals surface area contributed by atoms with Crippen LogP contribution in [0.15, 0.2) is 78.1 Å². The summed E-state index contributed by atoms with van der Waals surface area (Å²) in [5, 5.41) is 0. The van der Waals surface area contributed by atoms with Crippen molar-refractivity contribution in [1.29, 1.82) is 0 Å². The smallest absolute Gasteiger partial charge is 0.228 e. The summed E-state index contributed by atoms with van der Waals surface area (Å²) in [5.74, 6) is -5.63. The van der Waals surface area contributed by atoms with Crippen LogP contribution in [0.2, 0.25) is 0 Å². The molecule has 0 N–H and O–H groups in total. The van der Waals surface area contributed by atoms with Gasteiger partial charge in [0.2, 0.25) is 11.6 Å². The average molecular weight is 446 g/mol. The molecule has 7 heteroatoms. The van der Waals surface area contributed by atoms with Crippen LogP contribution in [-0.2, 0) is 4.74 Å². The monoisotopic (exact) mass is 446 g/mol. The van der Waals surface area contributed by atoms with Gasteiger partial charge in [-0.2, -0.15) is 0 Å². The molecule has 1 aliphatic carbocycles. The Balaban J connectivity index is 1.70. The van der Waals surface area contributed by atoms with Gasteiger partial charge >= 0.3 is 0 Å². The van der Waals surface area contributed by atoms with E-state index in [1.165, 1.54) is 12.1 Å². The molecule has 2 aliphatic rings. The van der Waals surface area contributed by atoms with Gasteiger partial charge in [-0.1, -0.05) is 54.6 Å². The van der Waals surface area contributed by atoms with E-state index in [1.54, 1.807) is 42.5 Å². The van der Waals surface area contributed by atoms with Crippen LogP contribution in [0.25, 0.3) is 0 Å². The fourth-order valence-electron chi connectivity index (χ4n) is 4.38. The van der Waals surface area contributed by atoms with Crippen molar-refractivity contribution >= 4 is 17.3 Å². The Labute approximate surface area is 187 Å². The summed E-state index contributed by atoms with van der Waals surface area (Å²) >= 11 is 0. The third-order valence-electron chi connectivity index (χ3n) is 5.87. The quantitative estimate of drug-likeness (QED) is 0.545. The molecule has 3 aromatic rings. The van der Waals surface area contributed by atoms with Crippen LogP contribution >= 0.6 is 0 Å². The average Bonchev–Trinajstić information content (AvgIpc) is 3.23. The number of carbonyl (C=O) groups excluding carboxylic acids is 3. The molecule has 2 atom stereocenters. The van der Waals surface area contributed by atoms with Crippen molar-refractivity contribution in [1.82, 2.24) is 0 Å². The molecule has 33 heavy (non-hydrogen) atoms. The van der Waals surface area contributed by atoms with E-state index in [0.717, 1.165) is 19.2 Å². The molecule has 0 fully saturated rings. The number of ether oxygens (including phenoxy) is 2. The van der Waals surface area contributed by atoms with Crippen LogP contribution in [0.1, 0.15) is 42.6 Å². The van der Waals surface area contributed by atoms with E-state index in [0.29, 0.717) is 0 Å². The van der Waals surface area contributed by atoms with Gasteiger partial charge in [0, 0.05) is 16.7 Å². The highest BCUT2D eigenvalue weighted by atomic mass is 19.1. The zero-order valence-electron chi connectivity index (χ0n) is 17.3. The normalized spacial score (nSPS) is 19.1. The van der Waals surface area contributed by atoms with Crippen LogP contribution in [0.5, 0.6) is 5.75 Å². The standard InChI is InChI=1S/C26H16F2O5/c1-32-24-17(27)11-14(12-18(24)28)19-20-22(30)15-9-5-6-10-16(15)23(31)26(20)33-25(19)21(29)13-7-3-2-4-8-13/h2-12,19,25H,1H3/t19-,25-/m1/s1. The molecule has 1 aliphatic heterocycles. The number of methoxy groups -OCH3 is 1. The van der Waals surface area contributed by atoms with Crippen LogP contribution in [-0.4, -0.2) is 30.6 Å². The van der Waals surface area contributed by atoms with E-state index in [4.69, 9.17) is 9.47 Å². The molecule has 3 aromatic carbocycles. The minimum Gasteiger partial charge on any atom is -0.491 e. The number of fused-ring (bicyclic) bond motifs is 1. The van der Waals surface area contributed by atoms with Gasteiger partial charge in [-0.25, -0.2) is 8.78 Å². The van der Waals surface area contributed by atoms with Gasteiger partial charge in [-0.3, -0.25) is 14.4 Å². The summed E-state index contributed by atoms with van der Waals surface area (Å²) in [6.07, 6.45) is -1.35. The molecule has 1 heterocycles. The van der Waals surface area contributed by atoms with Crippen molar-refractivity contribution in [3.63, 3.8) is 0 Å². The summed E-state index contributed by atoms with van der Waals surface area (Å²) in [7, 11) is 1.13. The minimum absolute atomic E-state index is 0.00869. The van der Waals surface area contributed by atoms with Crippen LogP contribution < -0.4 is 4.74 Å². The van der Waals surface area contributed by atoms with Crippen LogP contribution in [0, 0.1) is 11.6 Å². The van der Waals surface area contributed by atoms with E-state index in [9.17, 15) is 23.2 Å². The van der Waals surface area contributed by atoms with Gasteiger partial charge in [0.25, 0.3) is 0 Å². The largest absolute Gasteiger partial charge is 0.491 e. The summed E-state index contributed by atoms with van der Waals surface area (Å²) < 4.78 is 39.7. The van der Waals surface area contributed by atoms with Crippen molar-refractivity contribution in [2.75, 3.05) is 7.11 Å². The van der Waals surface area contributed by atoms with E-state index in [2.05, 4.69) is 0 Å². The van der Waals surface area contributed by atoms with Gasteiger partial charge in [0.1, 0.15) is 0 Å². The lowest BCUT2D eigenvalue weighted by atomic mass is 9.77. The van der Waals surface area contributed by atoms with Gasteiger partial charge in [0.15, 0.2) is 35.0 Å². The number of benzene rings is 3. The topological polar surface area (TPSA) is 69.7 Å². The Kier molecular flexibility index (Phi) is 4.89. The highest BCUT2D eigenvalue weighted by Gasteiger charge is 2.50. The van der Waals surface area contributed by atoms with Crippen molar-refractivity contribution in [3.05, 3.63) is 112 Å². The number of halogens is 2. The van der Waals surface area contributed by atoms with Gasteiger partial charge in [-0.05, 0) is 17.7 Å². The van der Waals surface area contributed by atoms with Gasteiger partial charge in [0.05, 0.1) is 18.6 Å². The third kappa shape index (κ3) is 3.16. The van der Waals surface area contributed by atoms with Crippen molar-refractivity contribution in [2.24, 2.45) is 0 Å².